The lowest BCUT2D eigenvalue weighted by Crippen LogP contribution is -2.51. The van der Waals surface area contributed by atoms with E-state index in [-0.39, 0.29) is 29.8 Å². The van der Waals surface area contributed by atoms with Gasteiger partial charge in [0.05, 0.1) is 0 Å². The Bertz CT molecular complexity index is 921. The fourth-order valence-electron chi connectivity index (χ4n) is 9.29. The first-order valence-electron chi connectivity index (χ1n) is 16.8. The number of carbonyl (C=O) groups is 3. The number of carboxylic acids is 1. The molecule has 0 aromatic rings. The minimum atomic E-state index is -0.741. The van der Waals surface area contributed by atoms with Crippen LogP contribution in [-0.4, -0.2) is 28.9 Å². The molecular weight excluding hydrogens is 500 g/mol. The van der Waals surface area contributed by atoms with Gasteiger partial charge < -0.3 is 9.84 Å². The SMILES string of the molecule is CC(C)CCCC(C)C1CCC2C1CCC1C2C(=O)C=C2CC(OC(=O)CCCCCCCC(=O)O)CCC21C. The zero-order valence-corrected chi connectivity index (χ0v) is 25.8. The second-order valence-electron chi connectivity index (χ2n) is 14.6. The summed E-state index contributed by atoms with van der Waals surface area (Å²) in [5, 5.41) is 8.72. The van der Waals surface area contributed by atoms with Gasteiger partial charge in [-0.2, -0.15) is 0 Å². The molecule has 8 unspecified atom stereocenters. The first-order chi connectivity index (χ1) is 19.1. The zero-order valence-electron chi connectivity index (χ0n) is 25.8. The number of fused-ring (bicyclic) bond motifs is 5. The largest absolute Gasteiger partial charge is 0.481 e. The highest BCUT2D eigenvalue weighted by molar-refractivity contribution is 5.94. The lowest BCUT2D eigenvalue weighted by Gasteiger charge is -2.54. The van der Waals surface area contributed by atoms with Crippen LogP contribution in [0, 0.1) is 46.8 Å². The third-order valence-corrected chi connectivity index (χ3v) is 11.5. The molecule has 8 atom stereocenters. The van der Waals surface area contributed by atoms with E-state index in [0.29, 0.717) is 30.5 Å². The summed E-state index contributed by atoms with van der Waals surface area (Å²) in [6, 6.07) is 0. The molecule has 1 N–H and O–H groups in total. The van der Waals surface area contributed by atoms with E-state index in [1.165, 1.54) is 50.5 Å². The van der Waals surface area contributed by atoms with Crippen LogP contribution in [0.5, 0.6) is 0 Å². The Morgan fingerprint density at radius 3 is 2.35 bits per heavy atom. The molecule has 0 aromatic heterocycles. The normalized spacial score (nSPS) is 34.0. The number of carbonyl (C=O) groups excluding carboxylic acids is 2. The van der Waals surface area contributed by atoms with Crippen LogP contribution in [0.15, 0.2) is 11.6 Å². The number of esters is 1. The zero-order chi connectivity index (χ0) is 28.9. The number of hydrogen-bond acceptors (Lipinski definition) is 4. The number of carboxylic acid groups (broad SMARTS) is 1. The summed E-state index contributed by atoms with van der Waals surface area (Å²) in [5.41, 5.74) is 1.32. The summed E-state index contributed by atoms with van der Waals surface area (Å²) < 4.78 is 5.90. The molecule has 4 aliphatic rings. The van der Waals surface area contributed by atoms with Crippen molar-refractivity contribution in [2.24, 2.45) is 46.8 Å². The fraction of sp³-hybridized carbons (Fsp3) is 0.857. The van der Waals surface area contributed by atoms with Gasteiger partial charge in [-0.15, -0.1) is 0 Å². The molecule has 226 valence electrons. The Hall–Kier alpha value is -1.65. The van der Waals surface area contributed by atoms with Crippen molar-refractivity contribution in [3.63, 3.8) is 0 Å². The van der Waals surface area contributed by atoms with Gasteiger partial charge in [-0.25, -0.2) is 0 Å². The maximum Gasteiger partial charge on any atom is 0.306 e. The Morgan fingerprint density at radius 2 is 1.62 bits per heavy atom. The molecule has 40 heavy (non-hydrogen) atoms. The third-order valence-electron chi connectivity index (χ3n) is 11.5. The molecule has 0 amide bonds. The molecule has 0 bridgehead atoms. The number of hydrogen-bond donors (Lipinski definition) is 1. The standard InChI is InChI=1S/C35H56O5/c1-23(2)11-10-12-24(3)27-15-16-29-28(27)17-18-30-34(29)31(36)22-25-21-26(19-20-35(25,30)4)40-33(39)14-9-7-5-6-8-13-32(37)38/h22-24,26-30,34H,5-21H2,1-4H3,(H,37,38). The second-order valence-corrected chi connectivity index (χ2v) is 14.6. The van der Waals surface area contributed by atoms with Gasteiger partial charge in [-0.3, -0.25) is 14.4 Å². The van der Waals surface area contributed by atoms with Gasteiger partial charge in [-0.1, -0.05) is 71.8 Å². The number of unbranched alkanes of at least 4 members (excludes halogenated alkanes) is 4. The van der Waals surface area contributed by atoms with E-state index in [4.69, 9.17) is 9.84 Å². The quantitative estimate of drug-likeness (QED) is 0.171. The summed E-state index contributed by atoms with van der Waals surface area (Å²) in [6.45, 7) is 9.53. The Labute approximate surface area is 243 Å². The van der Waals surface area contributed by atoms with Gasteiger partial charge in [0.2, 0.25) is 0 Å². The Morgan fingerprint density at radius 1 is 0.925 bits per heavy atom. The molecule has 3 fully saturated rings. The monoisotopic (exact) mass is 556 g/mol. The molecule has 5 nitrogen and oxygen atoms in total. The van der Waals surface area contributed by atoms with E-state index in [9.17, 15) is 14.4 Å². The van der Waals surface area contributed by atoms with Crippen molar-refractivity contribution < 1.29 is 24.2 Å². The minimum absolute atomic E-state index is 0.0728. The van der Waals surface area contributed by atoms with Crippen molar-refractivity contribution in [2.75, 3.05) is 0 Å². The van der Waals surface area contributed by atoms with E-state index in [1.807, 2.05) is 6.08 Å². The van der Waals surface area contributed by atoms with Crippen molar-refractivity contribution in [3.05, 3.63) is 11.6 Å². The number of aliphatic carboxylic acids is 1. The third kappa shape index (κ3) is 7.40. The van der Waals surface area contributed by atoms with Crippen LogP contribution in [0.25, 0.3) is 0 Å². The highest BCUT2D eigenvalue weighted by atomic mass is 16.5. The molecule has 0 saturated heterocycles. The van der Waals surface area contributed by atoms with Crippen molar-refractivity contribution in [3.8, 4) is 0 Å². The van der Waals surface area contributed by atoms with Crippen LogP contribution in [0.2, 0.25) is 0 Å². The molecule has 5 heteroatoms. The van der Waals surface area contributed by atoms with Crippen molar-refractivity contribution >= 4 is 17.7 Å². The smallest absolute Gasteiger partial charge is 0.306 e. The van der Waals surface area contributed by atoms with Gasteiger partial charge in [0.25, 0.3) is 0 Å². The fourth-order valence-corrected chi connectivity index (χ4v) is 9.29. The number of ether oxygens (including phenoxy) is 1. The van der Waals surface area contributed by atoms with E-state index in [2.05, 4.69) is 27.7 Å². The predicted molar refractivity (Wildman–Crippen MR) is 159 cm³/mol. The molecule has 0 heterocycles. The van der Waals surface area contributed by atoms with Gasteiger partial charge in [-0.05, 0) is 98.4 Å². The first-order valence-corrected chi connectivity index (χ1v) is 16.8. The van der Waals surface area contributed by atoms with E-state index < -0.39 is 5.97 Å². The highest BCUT2D eigenvalue weighted by Gasteiger charge is 2.57. The molecule has 4 aliphatic carbocycles. The van der Waals surface area contributed by atoms with Crippen molar-refractivity contribution in [1.82, 2.24) is 0 Å². The lowest BCUT2D eigenvalue weighted by atomic mass is 9.49. The van der Waals surface area contributed by atoms with Crippen molar-refractivity contribution in [2.45, 2.75) is 143 Å². The summed E-state index contributed by atoms with van der Waals surface area (Å²) in [5.74, 6) is 3.81. The highest BCUT2D eigenvalue weighted by Crippen LogP contribution is 2.62. The first kappa shape index (κ1) is 31.3. The van der Waals surface area contributed by atoms with Crippen molar-refractivity contribution in [1.29, 1.82) is 0 Å². The van der Waals surface area contributed by atoms with Gasteiger partial charge >= 0.3 is 11.9 Å². The van der Waals surface area contributed by atoms with Crippen LogP contribution in [0.1, 0.15) is 137 Å². The van der Waals surface area contributed by atoms with E-state index >= 15 is 0 Å². The maximum absolute atomic E-state index is 13.7. The van der Waals surface area contributed by atoms with Crippen LogP contribution in [-0.2, 0) is 19.1 Å². The average molecular weight is 557 g/mol. The molecule has 0 spiro atoms. The molecule has 3 saturated carbocycles. The molecular formula is C35H56O5. The van der Waals surface area contributed by atoms with Crippen LogP contribution in [0.4, 0.5) is 0 Å². The number of rotatable bonds is 14. The van der Waals surface area contributed by atoms with Gasteiger partial charge in [0, 0.05) is 25.2 Å². The molecule has 0 radical (unpaired) electrons. The maximum atomic E-state index is 13.7. The van der Waals surface area contributed by atoms with E-state index in [0.717, 1.165) is 68.6 Å². The number of ketones is 1. The topological polar surface area (TPSA) is 80.7 Å². The number of allylic oxidation sites excluding steroid dienone is 1. The summed E-state index contributed by atoms with van der Waals surface area (Å²) in [4.78, 5) is 36.8. The molecule has 0 aromatic carbocycles. The summed E-state index contributed by atoms with van der Waals surface area (Å²) >= 11 is 0. The lowest BCUT2D eigenvalue weighted by molar-refractivity contribution is -0.151. The van der Waals surface area contributed by atoms with E-state index in [1.54, 1.807) is 0 Å². The summed E-state index contributed by atoms with van der Waals surface area (Å²) in [6.07, 6.45) is 18.5. The summed E-state index contributed by atoms with van der Waals surface area (Å²) in [7, 11) is 0. The van der Waals surface area contributed by atoms with Gasteiger partial charge in [0.15, 0.2) is 5.78 Å². The van der Waals surface area contributed by atoms with Gasteiger partial charge in [0.1, 0.15) is 6.10 Å². The Balaban J connectivity index is 1.28. The van der Waals surface area contributed by atoms with Crippen LogP contribution in [0.3, 0.4) is 0 Å². The van der Waals surface area contributed by atoms with Crippen LogP contribution < -0.4 is 0 Å². The average Bonchev–Trinajstić information content (AvgIpc) is 3.33. The second kappa shape index (κ2) is 14.0. The Kier molecular flexibility index (Phi) is 11.0. The molecule has 0 aliphatic heterocycles. The predicted octanol–water partition coefficient (Wildman–Crippen LogP) is 8.54. The molecule has 4 rings (SSSR count). The van der Waals surface area contributed by atoms with Crippen LogP contribution >= 0.6 is 0 Å². The minimum Gasteiger partial charge on any atom is -0.481 e.